The van der Waals surface area contributed by atoms with Gasteiger partial charge in [-0.15, -0.1) is 0 Å². The van der Waals surface area contributed by atoms with Gasteiger partial charge < -0.3 is 0 Å². The van der Waals surface area contributed by atoms with Gasteiger partial charge in [0.05, 0.1) is 5.69 Å². The van der Waals surface area contributed by atoms with Crippen LogP contribution in [0.4, 0.5) is 0 Å². The number of carbonyl (C=O) groups excluding carboxylic acids is 1. The fraction of sp³-hybridized carbons (Fsp3) is 0.0400. The van der Waals surface area contributed by atoms with E-state index in [1.54, 1.807) is 24.3 Å². The molecule has 3 heteroatoms. The molecule has 0 saturated carbocycles. The number of carbonyl (C=O) groups is 1. The monoisotopic (exact) mass is 365 g/mol. The molecule has 0 unspecified atom stereocenters. The molecule has 3 aromatic carbocycles. The minimum atomic E-state index is -0.232. The molecule has 0 bridgehead atoms. The maximum absolute atomic E-state index is 13.3. The minimum absolute atomic E-state index is 0.184. The second-order valence-electron chi connectivity index (χ2n) is 6.70. The molecule has 0 aliphatic carbocycles. The van der Waals surface area contributed by atoms with E-state index in [1.165, 1.54) is 4.57 Å². The molecule has 0 radical (unpaired) electrons. The highest BCUT2D eigenvalue weighted by atomic mass is 16.1. The second-order valence-corrected chi connectivity index (χ2v) is 6.70. The van der Waals surface area contributed by atoms with Crippen molar-refractivity contribution in [1.29, 1.82) is 0 Å². The third-order valence-electron chi connectivity index (χ3n) is 4.70. The summed E-state index contributed by atoms with van der Waals surface area (Å²) in [4.78, 5) is 26.3. The van der Waals surface area contributed by atoms with Crippen LogP contribution >= 0.6 is 0 Å². The third kappa shape index (κ3) is 3.42. The number of aromatic nitrogens is 1. The number of hydrogen-bond donors (Lipinski definition) is 0. The number of aryl methyl sites for hydroxylation is 1. The number of ketones is 1. The van der Waals surface area contributed by atoms with Crippen molar-refractivity contribution < 1.29 is 4.79 Å². The van der Waals surface area contributed by atoms with E-state index >= 15 is 0 Å². The van der Waals surface area contributed by atoms with Crippen LogP contribution in [0.3, 0.4) is 0 Å². The van der Waals surface area contributed by atoms with E-state index in [-0.39, 0.29) is 11.3 Å². The van der Waals surface area contributed by atoms with Crippen molar-refractivity contribution >= 4 is 5.78 Å². The van der Waals surface area contributed by atoms with Gasteiger partial charge in [0.15, 0.2) is 0 Å². The molecule has 3 nitrogen and oxygen atoms in total. The minimum Gasteiger partial charge on any atom is -0.287 e. The average Bonchev–Trinajstić information content (AvgIpc) is 2.75. The molecule has 0 aliphatic heterocycles. The summed E-state index contributed by atoms with van der Waals surface area (Å²) in [6.45, 7) is 1.99. The first-order chi connectivity index (χ1) is 13.6. The van der Waals surface area contributed by atoms with Gasteiger partial charge in [-0.25, -0.2) is 0 Å². The Morgan fingerprint density at radius 1 is 0.714 bits per heavy atom. The van der Waals surface area contributed by atoms with Gasteiger partial charge in [-0.3, -0.25) is 14.2 Å². The molecule has 0 atom stereocenters. The van der Waals surface area contributed by atoms with Crippen LogP contribution in [-0.2, 0) is 0 Å². The van der Waals surface area contributed by atoms with Gasteiger partial charge in [0.2, 0.25) is 5.78 Å². The molecule has 1 aromatic heterocycles. The van der Waals surface area contributed by atoms with Gasteiger partial charge in [-0.1, -0.05) is 78.4 Å². The summed E-state index contributed by atoms with van der Waals surface area (Å²) in [6.07, 6.45) is 0. The lowest BCUT2D eigenvalue weighted by molar-refractivity contribution is 0.103. The first kappa shape index (κ1) is 17.7. The van der Waals surface area contributed by atoms with E-state index in [1.807, 2.05) is 79.7 Å². The van der Waals surface area contributed by atoms with Crippen LogP contribution in [0.25, 0.3) is 16.8 Å². The maximum atomic E-state index is 13.3. The highest BCUT2D eigenvalue weighted by Gasteiger charge is 2.18. The highest BCUT2D eigenvalue weighted by Crippen LogP contribution is 2.22. The summed E-state index contributed by atoms with van der Waals surface area (Å²) in [5.74, 6) is -0.184. The Labute approximate surface area is 163 Å². The SMILES string of the molecule is Cc1ccc(-n2c(C(=O)c3ccccc3)cc(-c3ccccc3)cc2=O)cc1. The van der Waals surface area contributed by atoms with Gasteiger partial charge in [0, 0.05) is 17.3 Å². The molecule has 0 saturated heterocycles. The molecule has 0 fully saturated rings. The van der Waals surface area contributed by atoms with Crippen molar-refractivity contribution in [1.82, 2.24) is 4.57 Å². The normalized spacial score (nSPS) is 10.6. The Morgan fingerprint density at radius 3 is 1.96 bits per heavy atom. The first-order valence-corrected chi connectivity index (χ1v) is 9.13. The Kier molecular flexibility index (Phi) is 4.73. The molecule has 1 heterocycles. The molecule has 28 heavy (non-hydrogen) atoms. The lowest BCUT2D eigenvalue weighted by Crippen LogP contribution is -2.24. The second kappa shape index (κ2) is 7.49. The fourth-order valence-electron chi connectivity index (χ4n) is 3.23. The van der Waals surface area contributed by atoms with Gasteiger partial charge in [0.25, 0.3) is 5.56 Å². The predicted octanol–water partition coefficient (Wildman–Crippen LogP) is 5.04. The zero-order valence-electron chi connectivity index (χ0n) is 15.5. The number of rotatable bonds is 4. The van der Waals surface area contributed by atoms with Crippen molar-refractivity contribution in [3.63, 3.8) is 0 Å². The van der Waals surface area contributed by atoms with Crippen molar-refractivity contribution in [2.75, 3.05) is 0 Å². The van der Waals surface area contributed by atoms with E-state index in [2.05, 4.69) is 0 Å². The topological polar surface area (TPSA) is 39.1 Å². The van der Waals surface area contributed by atoms with Crippen LogP contribution in [0, 0.1) is 6.92 Å². The summed E-state index contributed by atoms with van der Waals surface area (Å²) in [5.41, 5.74) is 4.06. The highest BCUT2D eigenvalue weighted by molar-refractivity contribution is 6.08. The lowest BCUT2D eigenvalue weighted by atomic mass is 10.0. The quantitative estimate of drug-likeness (QED) is 0.475. The fourth-order valence-corrected chi connectivity index (χ4v) is 3.23. The number of benzene rings is 3. The van der Waals surface area contributed by atoms with Crippen molar-refractivity contribution in [2.45, 2.75) is 6.92 Å². The van der Waals surface area contributed by atoms with Crippen molar-refractivity contribution in [3.8, 4) is 16.8 Å². The summed E-state index contributed by atoms with van der Waals surface area (Å²) < 4.78 is 1.49. The molecule has 4 aromatic rings. The van der Waals surface area contributed by atoms with Gasteiger partial charge in [-0.05, 0) is 36.2 Å². The van der Waals surface area contributed by atoms with Crippen LogP contribution in [-0.4, -0.2) is 10.4 Å². The first-order valence-electron chi connectivity index (χ1n) is 9.13. The molecular formula is C25H19NO2. The number of hydrogen-bond acceptors (Lipinski definition) is 2. The smallest absolute Gasteiger partial charge is 0.256 e. The predicted molar refractivity (Wildman–Crippen MR) is 112 cm³/mol. The molecule has 4 rings (SSSR count). The maximum Gasteiger partial charge on any atom is 0.256 e. The average molecular weight is 365 g/mol. The molecule has 0 N–H and O–H groups in total. The van der Waals surface area contributed by atoms with Gasteiger partial charge in [-0.2, -0.15) is 0 Å². The molecule has 136 valence electrons. The van der Waals surface area contributed by atoms with Crippen LogP contribution in [0.5, 0.6) is 0 Å². The standard InChI is InChI=1S/C25H19NO2/c1-18-12-14-22(15-13-18)26-23(25(28)20-10-6-3-7-11-20)16-21(17-24(26)27)19-8-4-2-5-9-19/h2-17H,1H3. The van der Waals surface area contributed by atoms with E-state index in [4.69, 9.17) is 0 Å². The van der Waals surface area contributed by atoms with E-state index < -0.39 is 0 Å². The van der Waals surface area contributed by atoms with E-state index in [9.17, 15) is 9.59 Å². The lowest BCUT2D eigenvalue weighted by Gasteiger charge is -2.14. The Hall–Kier alpha value is -3.72. The van der Waals surface area contributed by atoms with Crippen LogP contribution < -0.4 is 5.56 Å². The zero-order chi connectivity index (χ0) is 19.5. The van der Waals surface area contributed by atoms with Crippen LogP contribution in [0.15, 0.2) is 102 Å². The van der Waals surface area contributed by atoms with Gasteiger partial charge >= 0.3 is 0 Å². The summed E-state index contributed by atoms with van der Waals surface area (Å²) in [6, 6.07) is 29.6. The van der Waals surface area contributed by atoms with Crippen LogP contribution in [0.2, 0.25) is 0 Å². The van der Waals surface area contributed by atoms with Crippen molar-refractivity contribution in [2.24, 2.45) is 0 Å². The molecule has 0 spiro atoms. The van der Waals surface area contributed by atoms with Crippen LogP contribution in [0.1, 0.15) is 21.6 Å². The van der Waals surface area contributed by atoms with E-state index in [0.717, 1.165) is 16.7 Å². The van der Waals surface area contributed by atoms with E-state index in [0.29, 0.717) is 16.9 Å². The zero-order valence-corrected chi connectivity index (χ0v) is 15.5. The Morgan fingerprint density at radius 2 is 1.32 bits per heavy atom. The summed E-state index contributed by atoms with van der Waals surface area (Å²) in [7, 11) is 0. The number of nitrogens with zero attached hydrogens (tertiary/aromatic N) is 1. The third-order valence-corrected chi connectivity index (χ3v) is 4.70. The Balaban J connectivity index is 1.96. The summed E-state index contributed by atoms with van der Waals surface area (Å²) in [5, 5.41) is 0. The molecular weight excluding hydrogens is 346 g/mol. The van der Waals surface area contributed by atoms with Crippen molar-refractivity contribution in [3.05, 3.63) is 124 Å². The molecule has 0 amide bonds. The largest absolute Gasteiger partial charge is 0.287 e. The Bertz CT molecular complexity index is 1170. The molecule has 0 aliphatic rings. The summed E-state index contributed by atoms with van der Waals surface area (Å²) >= 11 is 0. The number of pyridine rings is 1. The van der Waals surface area contributed by atoms with Gasteiger partial charge in [0.1, 0.15) is 0 Å².